The highest BCUT2D eigenvalue weighted by atomic mass is 32.1. The largest absolute Gasteiger partial charge is 0.399 e. The number of alkyl halides is 2. The standard InChI is InChI=1S/C28H30F2N5O7PS/c1-16(36)34-11-10-20-8-9-22(27(39)33(2)19-6-4-3-5-7-19)35(20)26(38)21(15-34)32-24(37)23-13-17-12-18(14-31-25(17)44-23)28(29,30)43(40,41)42/h3-7,12-14,20-22H,8-11,15H2,1-2H3,(H,32,37)(H2,40,41,42)/t20-,21?,22+/m1/s1. The quantitative estimate of drug-likeness (QED) is 0.344. The highest BCUT2D eigenvalue weighted by Crippen LogP contribution is 2.59. The van der Waals surface area contributed by atoms with E-state index in [1.165, 1.54) is 27.7 Å². The highest BCUT2D eigenvalue weighted by molar-refractivity contribution is 7.52. The van der Waals surface area contributed by atoms with Crippen molar-refractivity contribution in [2.75, 3.05) is 25.0 Å². The molecule has 4 heterocycles. The molecule has 3 aromatic rings. The van der Waals surface area contributed by atoms with Crippen LogP contribution in [0.25, 0.3) is 10.2 Å². The fraction of sp³-hybridized carbons (Fsp3) is 0.393. The number of amides is 4. The first-order valence-corrected chi connectivity index (χ1v) is 16.2. The van der Waals surface area contributed by atoms with Crippen LogP contribution in [0.4, 0.5) is 14.5 Å². The van der Waals surface area contributed by atoms with Crippen LogP contribution in [-0.2, 0) is 24.6 Å². The topological polar surface area (TPSA) is 160 Å². The minimum absolute atomic E-state index is 0.00258. The Morgan fingerprint density at radius 2 is 1.84 bits per heavy atom. The van der Waals surface area contributed by atoms with E-state index in [0.29, 0.717) is 37.7 Å². The van der Waals surface area contributed by atoms with Crippen molar-refractivity contribution < 1.29 is 42.3 Å². The van der Waals surface area contributed by atoms with Crippen molar-refractivity contribution in [3.05, 3.63) is 59.1 Å². The zero-order valence-electron chi connectivity index (χ0n) is 23.7. The number of nitrogens with zero attached hydrogens (tertiary/aromatic N) is 4. The maximum absolute atomic E-state index is 14.2. The van der Waals surface area contributed by atoms with Crippen LogP contribution in [0.3, 0.4) is 0 Å². The van der Waals surface area contributed by atoms with Gasteiger partial charge in [0.15, 0.2) is 0 Å². The van der Waals surface area contributed by atoms with Crippen LogP contribution in [0.5, 0.6) is 0 Å². The number of anilines is 1. The van der Waals surface area contributed by atoms with Crippen molar-refractivity contribution in [3.8, 4) is 0 Å². The second-order valence-corrected chi connectivity index (χ2v) is 13.5. The van der Waals surface area contributed by atoms with E-state index in [1.807, 2.05) is 6.07 Å². The predicted octanol–water partition coefficient (Wildman–Crippen LogP) is 2.90. The monoisotopic (exact) mass is 649 g/mol. The maximum Gasteiger partial charge on any atom is 0.399 e. The summed E-state index contributed by atoms with van der Waals surface area (Å²) >= 11 is 0.837. The first kappa shape index (κ1) is 31.6. The third-order valence-electron chi connectivity index (χ3n) is 8.01. The van der Waals surface area contributed by atoms with Gasteiger partial charge in [-0.1, -0.05) is 18.2 Å². The number of thiophene rings is 1. The molecule has 0 radical (unpaired) electrons. The molecule has 0 aliphatic carbocycles. The molecule has 5 rings (SSSR count). The van der Waals surface area contributed by atoms with E-state index in [4.69, 9.17) is 9.79 Å². The summed E-state index contributed by atoms with van der Waals surface area (Å²) in [6.45, 7) is 1.54. The van der Waals surface area contributed by atoms with Gasteiger partial charge >= 0.3 is 13.3 Å². The summed E-state index contributed by atoms with van der Waals surface area (Å²) in [5, 5.41) is 2.71. The van der Waals surface area contributed by atoms with E-state index in [2.05, 4.69) is 10.3 Å². The van der Waals surface area contributed by atoms with E-state index in [9.17, 15) is 32.5 Å². The molecular formula is C28H30F2N5O7PS. The van der Waals surface area contributed by atoms with Crippen molar-refractivity contribution in [1.29, 1.82) is 0 Å². The van der Waals surface area contributed by atoms with Gasteiger partial charge in [-0.05, 0) is 43.5 Å². The summed E-state index contributed by atoms with van der Waals surface area (Å²) in [5.74, 6) is -1.82. The van der Waals surface area contributed by atoms with Gasteiger partial charge in [-0.2, -0.15) is 8.78 Å². The summed E-state index contributed by atoms with van der Waals surface area (Å²) in [7, 11) is -4.20. The molecule has 12 nitrogen and oxygen atoms in total. The SMILES string of the molecule is CC(=O)N1CC[C@H]2CC[C@@H](C(=O)N(C)c3ccccc3)N2C(=O)C(NC(=O)c2cc3cc(C(F)(F)P(=O)(O)O)cnc3s2)C1. The molecule has 0 saturated carbocycles. The van der Waals surface area contributed by atoms with Crippen molar-refractivity contribution in [2.45, 2.75) is 50.0 Å². The van der Waals surface area contributed by atoms with Crippen LogP contribution >= 0.6 is 18.9 Å². The first-order valence-electron chi connectivity index (χ1n) is 13.7. The van der Waals surface area contributed by atoms with Crippen molar-refractivity contribution in [1.82, 2.24) is 20.1 Å². The first-order chi connectivity index (χ1) is 20.7. The third kappa shape index (κ3) is 5.96. The molecule has 3 atom stereocenters. The number of benzene rings is 1. The molecule has 16 heteroatoms. The van der Waals surface area contributed by atoms with Gasteiger partial charge in [-0.25, -0.2) is 4.98 Å². The molecule has 3 N–H and O–H groups in total. The number of aromatic nitrogens is 1. The molecule has 2 fully saturated rings. The fourth-order valence-electron chi connectivity index (χ4n) is 5.62. The second kappa shape index (κ2) is 12.0. The van der Waals surface area contributed by atoms with E-state index >= 15 is 0 Å². The summed E-state index contributed by atoms with van der Waals surface area (Å²) in [6.07, 6.45) is 2.06. The number of hydrogen-bond donors (Lipinski definition) is 3. The lowest BCUT2D eigenvalue weighted by Crippen LogP contribution is -2.61. The zero-order valence-corrected chi connectivity index (χ0v) is 25.4. The van der Waals surface area contributed by atoms with Gasteiger partial charge in [0.2, 0.25) is 17.7 Å². The lowest BCUT2D eigenvalue weighted by molar-refractivity contribution is -0.144. The molecule has 2 aliphatic rings. The average molecular weight is 650 g/mol. The molecule has 1 aromatic carbocycles. The minimum Gasteiger partial charge on any atom is -0.340 e. The van der Waals surface area contributed by atoms with Crippen molar-refractivity contribution in [2.24, 2.45) is 0 Å². The van der Waals surface area contributed by atoms with Crippen LogP contribution in [0.1, 0.15) is 41.4 Å². The number of rotatable bonds is 6. The van der Waals surface area contributed by atoms with E-state index in [1.54, 1.807) is 31.3 Å². The van der Waals surface area contributed by atoms with Gasteiger partial charge < -0.3 is 29.8 Å². The predicted molar refractivity (Wildman–Crippen MR) is 157 cm³/mol. The number of pyridine rings is 1. The number of likely N-dealkylation sites (N-methyl/N-ethyl adjacent to an activating group) is 1. The van der Waals surface area contributed by atoms with Gasteiger partial charge in [0.1, 0.15) is 16.9 Å². The molecule has 44 heavy (non-hydrogen) atoms. The van der Waals surface area contributed by atoms with Gasteiger partial charge in [0, 0.05) is 50.4 Å². The zero-order chi connectivity index (χ0) is 32.0. The van der Waals surface area contributed by atoms with Gasteiger partial charge in [-0.15, -0.1) is 11.3 Å². The number of nitrogens with one attached hydrogen (secondary N) is 1. The second-order valence-electron chi connectivity index (χ2n) is 10.8. The number of carbonyl (C=O) groups excluding carboxylic acids is 4. The van der Waals surface area contributed by atoms with Crippen molar-refractivity contribution >= 4 is 58.5 Å². The Hall–Kier alpha value is -3.78. The van der Waals surface area contributed by atoms with Crippen LogP contribution in [-0.4, -0.2) is 86.5 Å². The molecule has 0 spiro atoms. The Morgan fingerprint density at radius 1 is 1.14 bits per heavy atom. The Morgan fingerprint density at radius 3 is 2.50 bits per heavy atom. The number of halogens is 2. The smallest absolute Gasteiger partial charge is 0.340 e. The number of fused-ring (bicyclic) bond motifs is 2. The lowest BCUT2D eigenvalue weighted by Gasteiger charge is -2.39. The van der Waals surface area contributed by atoms with Gasteiger partial charge in [0.25, 0.3) is 5.91 Å². The van der Waals surface area contributed by atoms with E-state index in [-0.39, 0.29) is 39.5 Å². The summed E-state index contributed by atoms with van der Waals surface area (Å²) in [5.41, 5.74) is -4.82. The van der Waals surface area contributed by atoms with Gasteiger partial charge in [0.05, 0.1) is 10.4 Å². The molecular weight excluding hydrogens is 619 g/mol. The van der Waals surface area contributed by atoms with Crippen LogP contribution in [0.15, 0.2) is 48.7 Å². The van der Waals surface area contributed by atoms with Gasteiger partial charge in [-0.3, -0.25) is 23.7 Å². The van der Waals surface area contributed by atoms with Crippen LogP contribution in [0, 0.1) is 0 Å². The molecule has 0 bridgehead atoms. The fourth-order valence-corrected chi connectivity index (χ4v) is 6.96. The molecule has 4 amide bonds. The Kier molecular flexibility index (Phi) is 8.60. The van der Waals surface area contributed by atoms with Crippen LogP contribution in [0.2, 0.25) is 0 Å². The molecule has 2 aliphatic heterocycles. The highest BCUT2D eigenvalue weighted by Gasteiger charge is 2.51. The van der Waals surface area contributed by atoms with Crippen LogP contribution < -0.4 is 10.2 Å². The molecule has 234 valence electrons. The third-order valence-corrected chi connectivity index (χ3v) is 10.1. The Balaban J connectivity index is 1.41. The summed E-state index contributed by atoms with van der Waals surface area (Å²) in [4.78, 5) is 80.0. The normalized spacial score (nSPS) is 21.0. The molecule has 2 saturated heterocycles. The number of hydrogen-bond acceptors (Lipinski definition) is 7. The average Bonchev–Trinajstić information content (AvgIpc) is 3.60. The minimum atomic E-state index is -5.83. The Bertz CT molecular complexity index is 1670. The number of para-hydroxylation sites is 1. The molecule has 1 unspecified atom stereocenters. The van der Waals surface area contributed by atoms with E-state index < -0.39 is 42.7 Å². The Labute approximate surface area is 254 Å². The van der Waals surface area contributed by atoms with Crippen molar-refractivity contribution in [3.63, 3.8) is 0 Å². The summed E-state index contributed by atoms with van der Waals surface area (Å²) in [6, 6.07) is 8.75. The summed E-state index contributed by atoms with van der Waals surface area (Å²) < 4.78 is 39.8. The maximum atomic E-state index is 14.2. The molecule has 2 aromatic heterocycles. The lowest BCUT2D eigenvalue weighted by atomic mass is 10.1. The number of carbonyl (C=O) groups is 4. The van der Waals surface area contributed by atoms with E-state index in [0.717, 1.165) is 17.4 Å².